The van der Waals surface area contributed by atoms with Crippen molar-refractivity contribution >= 4 is 17.4 Å². The molecule has 1 amide bonds. The van der Waals surface area contributed by atoms with Gasteiger partial charge >= 0.3 is 0 Å². The van der Waals surface area contributed by atoms with Crippen LogP contribution in [0.25, 0.3) is 5.76 Å². The third kappa shape index (κ3) is 5.18. The number of aliphatic hydroxyl groups excluding tert-OH is 1. The number of ether oxygens (including phenoxy) is 1. The Bertz CT molecular complexity index is 1280. The van der Waals surface area contributed by atoms with Gasteiger partial charge < -0.3 is 14.7 Å². The van der Waals surface area contributed by atoms with Crippen LogP contribution in [0.5, 0.6) is 5.75 Å². The van der Waals surface area contributed by atoms with E-state index < -0.39 is 17.7 Å². The van der Waals surface area contributed by atoms with Gasteiger partial charge in [0.1, 0.15) is 11.5 Å². The highest BCUT2D eigenvalue weighted by molar-refractivity contribution is 6.46. The first-order chi connectivity index (χ1) is 17.3. The maximum Gasteiger partial charge on any atom is 0.295 e. The molecule has 6 nitrogen and oxygen atoms in total. The summed E-state index contributed by atoms with van der Waals surface area (Å²) in [7, 11) is 0. The van der Waals surface area contributed by atoms with Crippen molar-refractivity contribution in [1.29, 1.82) is 0 Å². The fourth-order valence-corrected chi connectivity index (χ4v) is 4.38. The second-order valence-corrected chi connectivity index (χ2v) is 9.57. The van der Waals surface area contributed by atoms with Gasteiger partial charge in [-0.2, -0.15) is 0 Å². The van der Waals surface area contributed by atoms with Gasteiger partial charge in [0.2, 0.25) is 0 Å². The van der Waals surface area contributed by atoms with Crippen molar-refractivity contribution in [2.24, 2.45) is 5.92 Å². The number of aromatic nitrogens is 1. The number of hydrogen-bond donors (Lipinski definition) is 1. The molecular weight excluding hydrogens is 452 g/mol. The van der Waals surface area contributed by atoms with E-state index in [1.165, 1.54) is 4.90 Å². The van der Waals surface area contributed by atoms with Crippen molar-refractivity contribution < 1.29 is 19.4 Å². The first-order valence-corrected chi connectivity index (χ1v) is 12.3. The Morgan fingerprint density at radius 1 is 1.08 bits per heavy atom. The van der Waals surface area contributed by atoms with Gasteiger partial charge in [-0.25, -0.2) is 0 Å². The van der Waals surface area contributed by atoms with Gasteiger partial charge in [-0.05, 0) is 65.8 Å². The molecular formula is C30H32N2O4. The standard InChI is InChI=1S/C30H32N2O4/c1-5-21-8-10-23(11-9-21)27-26(29(34)30(35)32(27)17-22-7-6-14-31-16-22)28(33)24-12-13-25(20(4)15-24)36-18-19(2)3/h6-16,19,27,33H,5,17-18H2,1-4H3/b28-26-. The second kappa shape index (κ2) is 10.8. The number of aliphatic hydroxyl groups is 1. The minimum Gasteiger partial charge on any atom is -0.507 e. The number of carbonyl (C=O) groups excluding carboxylic acids is 2. The molecule has 1 aromatic heterocycles. The Labute approximate surface area is 212 Å². The SMILES string of the molecule is CCc1ccc(C2/C(=C(/O)c3ccc(OCC(C)C)c(C)c3)C(=O)C(=O)N2Cc2cccnc2)cc1. The van der Waals surface area contributed by atoms with Gasteiger partial charge in [0.05, 0.1) is 18.2 Å². The first-order valence-electron chi connectivity index (χ1n) is 12.3. The lowest BCUT2D eigenvalue weighted by molar-refractivity contribution is -0.140. The molecule has 0 saturated carbocycles. The summed E-state index contributed by atoms with van der Waals surface area (Å²) < 4.78 is 5.86. The molecule has 1 unspecified atom stereocenters. The van der Waals surface area contributed by atoms with Crippen molar-refractivity contribution in [2.75, 3.05) is 6.61 Å². The number of amides is 1. The molecule has 1 atom stereocenters. The normalized spacial score (nSPS) is 17.1. The molecule has 0 spiro atoms. The molecule has 186 valence electrons. The number of benzene rings is 2. The number of likely N-dealkylation sites (tertiary alicyclic amines) is 1. The van der Waals surface area contributed by atoms with Gasteiger partial charge in [-0.1, -0.05) is 51.1 Å². The van der Waals surface area contributed by atoms with Crippen molar-refractivity contribution in [3.63, 3.8) is 0 Å². The fourth-order valence-electron chi connectivity index (χ4n) is 4.38. The Morgan fingerprint density at radius 2 is 1.83 bits per heavy atom. The van der Waals surface area contributed by atoms with E-state index in [0.29, 0.717) is 18.1 Å². The quantitative estimate of drug-likeness (QED) is 0.255. The Balaban J connectivity index is 1.79. The van der Waals surface area contributed by atoms with E-state index in [9.17, 15) is 14.7 Å². The molecule has 1 aliphatic heterocycles. The Hall–Kier alpha value is -3.93. The number of hydrogen-bond acceptors (Lipinski definition) is 5. The number of aryl methyl sites for hydroxylation is 2. The lowest BCUT2D eigenvalue weighted by Crippen LogP contribution is -2.29. The van der Waals surface area contributed by atoms with Crippen LogP contribution in [0.15, 0.2) is 72.6 Å². The summed E-state index contributed by atoms with van der Waals surface area (Å²) in [5.74, 6) is -0.418. The second-order valence-electron chi connectivity index (χ2n) is 9.57. The van der Waals surface area contributed by atoms with E-state index in [1.54, 1.807) is 36.7 Å². The average molecular weight is 485 g/mol. The van der Waals surface area contributed by atoms with Crippen LogP contribution < -0.4 is 4.74 Å². The number of carbonyl (C=O) groups is 2. The molecule has 36 heavy (non-hydrogen) atoms. The van der Waals surface area contributed by atoms with E-state index in [2.05, 4.69) is 25.8 Å². The van der Waals surface area contributed by atoms with E-state index in [1.807, 2.05) is 37.3 Å². The van der Waals surface area contributed by atoms with Crippen LogP contribution in [-0.2, 0) is 22.6 Å². The van der Waals surface area contributed by atoms with Gasteiger partial charge in [-0.15, -0.1) is 0 Å². The van der Waals surface area contributed by atoms with Crippen LogP contribution in [0, 0.1) is 12.8 Å². The molecule has 1 aliphatic rings. The lowest BCUT2D eigenvalue weighted by atomic mass is 9.94. The van der Waals surface area contributed by atoms with Crippen LogP contribution in [0.4, 0.5) is 0 Å². The zero-order valence-corrected chi connectivity index (χ0v) is 21.2. The lowest BCUT2D eigenvalue weighted by Gasteiger charge is -2.25. The van der Waals surface area contributed by atoms with Gasteiger partial charge in [-0.3, -0.25) is 14.6 Å². The van der Waals surface area contributed by atoms with E-state index >= 15 is 0 Å². The smallest absolute Gasteiger partial charge is 0.295 e. The van der Waals surface area contributed by atoms with E-state index in [0.717, 1.165) is 34.4 Å². The van der Waals surface area contributed by atoms with Crippen molar-refractivity contribution in [3.8, 4) is 5.75 Å². The zero-order chi connectivity index (χ0) is 25.8. The van der Waals surface area contributed by atoms with Crippen LogP contribution in [-0.4, -0.2) is 33.3 Å². The minimum atomic E-state index is -0.715. The minimum absolute atomic E-state index is 0.0865. The maximum atomic E-state index is 13.3. The molecule has 2 aromatic carbocycles. The summed E-state index contributed by atoms with van der Waals surface area (Å²) in [5.41, 5.74) is 4.12. The Morgan fingerprint density at radius 3 is 2.44 bits per heavy atom. The molecule has 0 bridgehead atoms. The molecule has 0 radical (unpaired) electrons. The summed E-state index contributed by atoms with van der Waals surface area (Å²) in [6, 6.07) is 16.1. The number of Topliss-reactive ketones (excluding diaryl/α,β-unsaturated/α-hetero) is 1. The highest BCUT2D eigenvalue weighted by atomic mass is 16.5. The monoisotopic (exact) mass is 484 g/mol. The van der Waals surface area contributed by atoms with Crippen molar-refractivity contribution in [1.82, 2.24) is 9.88 Å². The summed E-state index contributed by atoms with van der Waals surface area (Å²) in [4.78, 5) is 32.2. The molecule has 6 heteroatoms. The summed E-state index contributed by atoms with van der Waals surface area (Å²) in [5, 5.41) is 11.4. The molecule has 4 rings (SSSR count). The van der Waals surface area contributed by atoms with E-state index in [-0.39, 0.29) is 17.9 Å². The van der Waals surface area contributed by atoms with Crippen molar-refractivity contribution in [3.05, 3.63) is 100 Å². The number of nitrogens with zero attached hydrogens (tertiary/aromatic N) is 2. The summed E-state index contributed by atoms with van der Waals surface area (Å²) >= 11 is 0. The van der Waals surface area contributed by atoms with Crippen molar-refractivity contribution in [2.45, 2.75) is 46.7 Å². The van der Waals surface area contributed by atoms with Gasteiger partial charge in [0.15, 0.2) is 0 Å². The number of rotatable bonds is 8. The first kappa shape index (κ1) is 25.2. The predicted molar refractivity (Wildman–Crippen MR) is 139 cm³/mol. The maximum absolute atomic E-state index is 13.3. The van der Waals surface area contributed by atoms with Crippen LogP contribution in [0.3, 0.4) is 0 Å². The van der Waals surface area contributed by atoms with Crippen LogP contribution in [0.1, 0.15) is 54.6 Å². The largest absolute Gasteiger partial charge is 0.507 e. The molecule has 0 aliphatic carbocycles. The van der Waals surface area contributed by atoms with E-state index in [4.69, 9.17) is 4.74 Å². The third-order valence-corrected chi connectivity index (χ3v) is 6.34. The number of pyridine rings is 1. The number of ketones is 1. The summed E-state index contributed by atoms with van der Waals surface area (Å²) in [6.07, 6.45) is 4.21. The highest BCUT2D eigenvalue weighted by Gasteiger charge is 2.46. The van der Waals surface area contributed by atoms with Crippen LogP contribution in [0.2, 0.25) is 0 Å². The predicted octanol–water partition coefficient (Wildman–Crippen LogP) is 5.61. The summed E-state index contributed by atoms with van der Waals surface area (Å²) in [6.45, 7) is 8.91. The fraction of sp³-hybridized carbons (Fsp3) is 0.300. The molecule has 1 N–H and O–H groups in total. The third-order valence-electron chi connectivity index (χ3n) is 6.34. The molecule has 2 heterocycles. The zero-order valence-electron chi connectivity index (χ0n) is 21.2. The molecule has 1 fully saturated rings. The van der Waals surface area contributed by atoms with Gasteiger partial charge in [0, 0.05) is 24.5 Å². The Kier molecular flexibility index (Phi) is 7.53. The van der Waals surface area contributed by atoms with Gasteiger partial charge in [0.25, 0.3) is 11.7 Å². The molecule has 3 aromatic rings. The molecule has 1 saturated heterocycles. The van der Waals surface area contributed by atoms with Crippen LogP contribution >= 0.6 is 0 Å². The highest BCUT2D eigenvalue weighted by Crippen LogP contribution is 2.40. The topological polar surface area (TPSA) is 79.7 Å². The average Bonchev–Trinajstić information content (AvgIpc) is 3.13.